The summed E-state index contributed by atoms with van der Waals surface area (Å²) in [5.74, 6) is 0.925. The van der Waals surface area contributed by atoms with Crippen LogP contribution in [0.25, 0.3) is 5.69 Å². The van der Waals surface area contributed by atoms with Crippen LogP contribution in [-0.4, -0.2) is 62.5 Å². The Labute approximate surface area is 254 Å². The maximum atomic E-state index is 12.5. The molecule has 5 rings (SSSR count). The van der Waals surface area contributed by atoms with Crippen LogP contribution in [0.15, 0.2) is 53.0 Å². The molecule has 40 heavy (non-hydrogen) atoms. The van der Waals surface area contributed by atoms with Gasteiger partial charge in [0.1, 0.15) is 35.8 Å². The number of nitrogens with zero attached hydrogens (tertiary/aromatic N) is 3. The number of fused-ring (bicyclic) bond motifs is 1. The van der Waals surface area contributed by atoms with E-state index in [1.807, 2.05) is 48.5 Å². The first-order valence-electron chi connectivity index (χ1n) is 12.8. The summed E-state index contributed by atoms with van der Waals surface area (Å²) in [6.45, 7) is 7.28. The number of benzene rings is 2. The second-order valence-corrected chi connectivity index (χ2v) is 12.7. The standard InChI is InChI=1S/C27H31BrIN5O6/c1-14-30-24(34(33-14)18-12-16(28)10-11-17(18)29)23-21(35)20(31-32-26(36)40-27(2,3)4)22-19(38-23)13-37-25(39-22)15-8-6-5-7-9-15/h5-12,19-23,25,31,35H,13H2,1-4H3,(H,32,36)/t19?,20?,21?,22-,23+,25?/m0/s1. The molecule has 2 aliphatic heterocycles. The summed E-state index contributed by atoms with van der Waals surface area (Å²) >= 11 is 5.76. The summed E-state index contributed by atoms with van der Waals surface area (Å²) in [5, 5.41) is 16.3. The third-order valence-corrected chi connectivity index (χ3v) is 7.76. The van der Waals surface area contributed by atoms with E-state index in [-0.39, 0.29) is 6.61 Å². The largest absolute Gasteiger partial charge is 0.443 e. The summed E-state index contributed by atoms with van der Waals surface area (Å²) in [6.07, 6.45) is -4.74. The molecular formula is C27H31BrIN5O6. The molecule has 13 heteroatoms. The van der Waals surface area contributed by atoms with Crippen molar-refractivity contribution in [3.8, 4) is 5.69 Å². The lowest BCUT2D eigenvalue weighted by molar-refractivity contribution is -0.313. The summed E-state index contributed by atoms with van der Waals surface area (Å²) in [6, 6.07) is 14.5. The maximum Gasteiger partial charge on any atom is 0.422 e. The number of carbonyl (C=O) groups excluding carboxylic acids is 1. The summed E-state index contributed by atoms with van der Waals surface area (Å²) < 4.78 is 27.6. The molecule has 2 aliphatic rings. The number of hydrogen-bond acceptors (Lipinski definition) is 9. The predicted molar refractivity (Wildman–Crippen MR) is 156 cm³/mol. The number of halogens is 2. The van der Waals surface area contributed by atoms with Crippen molar-refractivity contribution in [1.82, 2.24) is 25.6 Å². The molecule has 2 aromatic carbocycles. The SMILES string of the molecule is Cc1nc([C@@H]2OC3COC(c4ccccc4)O[C@@H]3C(NNC(=O)OC(C)(C)C)C2O)n(-c2cc(Br)ccc2I)n1. The third kappa shape index (κ3) is 6.50. The Kier molecular flexibility index (Phi) is 8.80. The summed E-state index contributed by atoms with van der Waals surface area (Å²) in [4.78, 5) is 17.1. The first-order valence-corrected chi connectivity index (χ1v) is 14.7. The molecule has 2 fully saturated rings. The molecule has 0 spiro atoms. The van der Waals surface area contributed by atoms with E-state index < -0.39 is 48.4 Å². The zero-order valence-electron chi connectivity index (χ0n) is 22.4. The fourth-order valence-corrected chi connectivity index (χ4v) is 5.60. The lowest BCUT2D eigenvalue weighted by Gasteiger charge is -2.48. The molecular weight excluding hydrogens is 697 g/mol. The van der Waals surface area contributed by atoms with E-state index in [1.165, 1.54) is 0 Å². The Balaban J connectivity index is 1.47. The van der Waals surface area contributed by atoms with Crippen LogP contribution in [0, 0.1) is 10.5 Å². The van der Waals surface area contributed by atoms with Gasteiger partial charge in [-0.25, -0.2) is 19.9 Å². The number of aryl methyl sites for hydroxylation is 1. The van der Waals surface area contributed by atoms with Crippen molar-refractivity contribution in [2.75, 3.05) is 6.61 Å². The second-order valence-electron chi connectivity index (χ2n) is 10.6. The van der Waals surface area contributed by atoms with Gasteiger partial charge in [-0.3, -0.25) is 5.43 Å². The molecule has 0 saturated carbocycles. The Morgan fingerprint density at radius 2 is 1.95 bits per heavy atom. The first kappa shape index (κ1) is 29.4. The van der Waals surface area contributed by atoms with Crippen molar-refractivity contribution in [1.29, 1.82) is 0 Å². The highest BCUT2D eigenvalue weighted by Gasteiger charge is 2.51. The number of nitrogens with one attached hydrogen (secondary N) is 2. The topological polar surface area (TPSA) is 129 Å². The number of ether oxygens (including phenoxy) is 4. The average molecular weight is 728 g/mol. The van der Waals surface area contributed by atoms with Crippen LogP contribution < -0.4 is 10.9 Å². The van der Waals surface area contributed by atoms with E-state index in [2.05, 4.69) is 59.5 Å². The summed E-state index contributed by atoms with van der Waals surface area (Å²) in [7, 11) is 0. The van der Waals surface area contributed by atoms with Crippen molar-refractivity contribution >= 4 is 44.6 Å². The van der Waals surface area contributed by atoms with Crippen LogP contribution in [0.3, 0.4) is 0 Å². The Hall–Kier alpha value is -2.14. The van der Waals surface area contributed by atoms with Gasteiger partial charge in [-0.1, -0.05) is 46.3 Å². The molecule has 3 aromatic rings. The van der Waals surface area contributed by atoms with Gasteiger partial charge in [-0.05, 0) is 68.5 Å². The third-order valence-electron chi connectivity index (χ3n) is 6.35. The zero-order chi connectivity index (χ0) is 28.6. The molecule has 0 bridgehead atoms. The lowest BCUT2D eigenvalue weighted by Crippen LogP contribution is -2.66. The van der Waals surface area contributed by atoms with Gasteiger partial charge in [0.15, 0.2) is 12.1 Å². The smallest absolute Gasteiger partial charge is 0.422 e. The quantitative estimate of drug-likeness (QED) is 0.261. The Morgan fingerprint density at radius 3 is 2.67 bits per heavy atom. The zero-order valence-corrected chi connectivity index (χ0v) is 26.1. The van der Waals surface area contributed by atoms with Crippen molar-refractivity contribution in [2.45, 2.75) is 70.0 Å². The second kappa shape index (κ2) is 12.0. The number of rotatable bonds is 5. The number of aliphatic hydroxyl groups excluding tert-OH is 1. The Morgan fingerprint density at radius 1 is 1.20 bits per heavy atom. The number of carbonyl (C=O) groups is 1. The molecule has 214 valence electrons. The van der Waals surface area contributed by atoms with Crippen LogP contribution >= 0.6 is 38.5 Å². The molecule has 3 N–H and O–H groups in total. The van der Waals surface area contributed by atoms with E-state index in [0.717, 1.165) is 19.3 Å². The normalized spacial score (nSPS) is 26.7. The summed E-state index contributed by atoms with van der Waals surface area (Å²) in [5.41, 5.74) is 6.43. The van der Waals surface area contributed by atoms with E-state index >= 15 is 0 Å². The molecule has 6 atom stereocenters. The van der Waals surface area contributed by atoms with Crippen molar-refractivity contribution in [2.24, 2.45) is 0 Å². The van der Waals surface area contributed by atoms with E-state index in [1.54, 1.807) is 32.4 Å². The molecule has 3 heterocycles. The number of aliphatic hydroxyl groups is 1. The van der Waals surface area contributed by atoms with Gasteiger partial charge in [0.25, 0.3) is 0 Å². The molecule has 4 unspecified atom stereocenters. The highest BCUT2D eigenvalue weighted by atomic mass is 127. The van der Waals surface area contributed by atoms with Gasteiger partial charge in [0.2, 0.25) is 0 Å². The van der Waals surface area contributed by atoms with Crippen molar-refractivity contribution in [3.05, 3.63) is 73.8 Å². The Bertz CT molecular complexity index is 1350. The molecule has 1 aromatic heterocycles. The number of hydrogen-bond donors (Lipinski definition) is 3. The van der Waals surface area contributed by atoms with E-state index in [0.29, 0.717) is 11.6 Å². The van der Waals surface area contributed by atoms with Gasteiger partial charge in [-0.15, -0.1) is 0 Å². The predicted octanol–water partition coefficient (Wildman–Crippen LogP) is 4.26. The number of aromatic nitrogens is 3. The molecule has 0 radical (unpaired) electrons. The number of hydrazine groups is 1. The minimum absolute atomic E-state index is 0.194. The van der Waals surface area contributed by atoms with Crippen molar-refractivity contribution in [3.63, 3.8) is 0 Å². The first-order chi connectivity index (χ1) is 19.0. The van der Waals surface area contributed by atoms with Crippen LogP contribution in [-0.2, 0) is 18.9 Å². The van der Waals surface area contributed by atoms with Crippen molar-refractivity contribution < 1.29 is 28.8 Å². The minimum Gasteiger partial charge on any atom is -0.443 e. The van der Waals surface area contributed by atoms with Gasteiger partial charge < -0.3 is 24.1 Å². The molecule has 0 aliphatic carbocycles. The number of amides is 1. The highest BCUT2D eigenvalue weighted by Crippen LogP contribution is 2.39. The lowest BCUT2D eigenvalue weighted by atomic mass is 9.91. The van der Waals surface area contributed by atoms with Gasteiger partial charge in [0, 0.05) is 13.6 Å². The molecule has 1 amide bonds. The highest BCUT2D eigenvalue weighted by molar-refractivity contribution is 14.1. The van der Waals surface area contributed by atoms with E-state index in [4.69, 9.17) is 18.9 Å². The van der Waals surface area contributed by atoms with E-state index in [9.17, 15) is 9.90 Å². The van der Waals surface area contributed by atoms with Gasteiger partial charge >= 0.3 is 6.09 Å². The van der Waals surface area contributed by atoms with Crippen LogP contribution in [0.5, 0.6) is 0 Å². The van der Waals surface area contributed by atoms with Crippen LogP contribution in [0.2, 0.25) is 0 Å². The van der Waals surface area contributed by atoms with Crippen LogP contribution in [0.4, 0.5) is 4.79 Å². The van der Waals surface area contributed by atoms with Gasteiger partial charge in [0.05, 0.1) is 18.3 Å². The fourth-order valence-electron chi connectivity index (χ4n) is 4.68. The minimum atomic E-state index is -1.20. The van der Waals surface area contributed by atoms with Gasteiger partial charge in [-0.2, -0.15) is 5.10 Å². The molecule has 2 saturated heterocycles. The fraction of sp³-hybridized carbons (Fsp3) is 0.444. The van der Waals surface area contributed by atoms with Crippen LogP contribution in [0.1, 0.15) is 50.4 Å². The maximum absolute atomic E-state index is 12.5. The monoisotopic (exact) mass is 727 g/mol. The average Bonchev–Trinajstić information content (AvgIpc) is 3.29. The molecule has 11 nitrogen and oxygen atoms in total.